The van der Waals surface area contributed by atoms with Gasteiger partial charge >= 0.3 is 5.97 Å². The highest BCUT2D eigenvalue weighted by Crippen LogP contribution is 2.31. The average Bonchev–Trinajstić information content (AvgIpc) is 2.41. The van der Waals surface area contributed by atoms with Crippen molar-refractivity contribution in [1.82, 2.24) is 0 Å². The number of carbonyl (C=O) groups excluding carboxylic acids is 2. The molecule has 1 aliphatic rings. The van der Waals surface area contributed by atoms with Gasteiger partial charge in [0.05, 0.1) is 18.4 Å². The molecule has 0 N–H and O–H groups in total. The number of benzene rings is 1. The number of hydrogen-bond donors (Lipinski definition) is 0. The van der Waals surface area contributed by atoms with Crippen LogP contribution in [0.15, 0.2) is 24.3 Å². The van der Waals surface area contributed by atoms with Gasteiger partial charge in [0.15, 0.2) is 0 Å². The van der Waals surface area contributed by atoms with E-state index in [1.165, 1.54) is 7.11 Å². The number of nitrogens with zero attached hydrogens (tertiary/aromatic N) is 1. The first kappa shape index (κ1) is 13.6. The summed E-state index contributed by atoms with van der Waals surface area (Å²) in [6.45, 7) is 5.17. The maximum Gasteiger partial charge on any atom is 0.339 e. The Bertz CT molecular complexity index is 508. The number of carbonyl (C=O) groups is 2. The van der Waals surface area contributed by atoms with Crippen molar-refractivity contribution in [3.63, 3.8) is 0 Å². The molecule has 1 aromatic rings. The van der Waals surface area contributed by atoms with Crippen molar-refractivity contribution in [1.29, 1.82) is 0 Å². The second-order valence-electron chi connectivity index (χ2n) is 5.49. The van der Waals surface area contributed by atoms with E-state index < -0.39 is 0 Å². The maximum atomic E-state index is 11.8. The van der Waals surface area contributed by atoms with Crippen LogP contribution < -0.4 is 4.90 Å². The highest BCUT2D eigenvalue weighted by molar-refractivity contribution is 5.96. The summed E-state index contributed by atoms with van der Waals surface area (Å²) in [6, 6.07) is 7.36. The number of methoxy groups -OCH3 is 1. The predicted molar refractivity (Wildman–Crippen MR) is 73.4 cm³/mol. The van der Waals surface area contributed by atoms with Gasteiger partial charge in [-0.3, -0.25) is 4.79 Å². The first-order valence-corrected chi connectivity index (χ1v) is 6.41. The Labute approximate surface area is 113 Å². The Morgan fingerprint density at radius 2 is 2.00 bits per heavy atom. The Morgan fingerprint density at radius 3 is 2.63 bits per heavy atom. The second kappa shape index (κ2) is 5.03. The summed E-state index contributed by atoms with van der Waals surface area (Å²) >= 11 is 0. The molecule has 4 nitrogen and oxygen atoms in total. The fourth-order valence-electron chi connectivity index (χ4n) is 2.46. The summed E-state index contributed by atoms with van der Waals surface area (Å²) in [5, 5.41) is 0. The average molecular weight is 261 g/mol. The van der Waals surface area contributed by atoms with Crippen LogP contribution in [0.25, 0.3) is 0 Å². The molecule has 0 atom stereocenters. The molecule has 0 aliphatic carbocycles. The third-order valence-electron chi connectivity index (χ3n) is 3.60. The Balaban J connectivity index is 2.33. The van der Waals surface area contributed by atoms with Gasteiger partial charge in [-0.05, 0) is 12.1 Å². The van der Waals surface area contributed by atoms with Crippen molar-refractivity contribution in [2.45, 2.75) is 20.3 Å². The van der Waals surface area contributed by atoms with Crippen LogP contribution in [0.1, 0.15) is 30.6 Å². The molecule has 0 aromatic heterocycles. The summed E-state index contributed by atoms with van der Waals surface area (Å²) in [6.07, 6.45) is 0.516. The number of para-hydroxylation sites is 1. The third kappa shape index (κ3) is 2.62. The van der Waals surface area contributed by atoms with E-state index in [9.17, 15) is 9.59 Å². The van der Waals surface area contributed by atoms with Crippen molar-refractivity contribution >= 4 is 17.4 Å². The van der Waals surface area contributed by atoms with Gasteiger partial charge in [0.25, 0.3) is 0 Å². The maximum absolute atomic E-state index is 11.8. The summed E-state index contributed by atoms with van der Waals surface area (Å²) in [5.74, 6) is -0.0652. The lowest BCUT2D eigenvalue weighted by molar-refractivity contribution is -0.127. The number of ketones is 1. The van der Waals surface area contributed by atoms with Crippen LogP contribution in [0.5, 0.6) is 0 Å². The van der Waals surface area contributed by atoms with E-state index in [4.69, 9.17) is 4.74 Å². The van der Waals surface area contributed by atoms with E-state index in [-0.39, 0.29) is 17.2 Å². The molecule has 1 heterocycles. The topological polar surface area (TPSA) is 46.6 Å². The van der Waals surface area contributed by atoms with Crippen molar-refractivity contribution in [3.8, 4) is 0 Å². The summed E-state index contributed by atoms with van der Waals surface area (Å²) in [7, 11) is 1.38. The van der Waals surface area contributed by atoms with E-state index in [1.807, 2.05) is 32.0 Å². The molecule has 0 bridgehead atoms. The number of Topliss-reactive ketones (excluding diaryl/α,β-unsaturated/α-hetero) is 1. The smallest absolute Gasteiger partial charge is 0.339 e. The van der Waals surface area contributed by atoms with Crippen LogP contribution in [0, 0.1) is 5.41 Å². The fourth-order valence-corrected chi connectivity index (χ4v) is 2.46. The number of hydrogen-bond acceptors (Lipinski definition) is 4. The molecule has 0 radical (unpaired) electrons. The lowest BCUT2D eigenvalue weighted by Gasteiger charge is -2.38. The van der Waals surface area contributed by atoms with Crippen molar-refractivity contribution < 1.29 is 14.3 Å². The zero-order valence-electron chi connectivity index (χ0n) is 11.6. The molecule has 0 saturated carbocycles. The van der Waals surface area contributed by atoms with Crippen LogP contribution in [0.4, 0.5) is 5.69 Å². The summed E-state index contributed by atoms with van der Waals surface area (Å²) in [5.41, 5.74) is 1.02. The number of ether oxygens (including phenoxy) is 1. The number of piperidine rings is 1. The number of esters is 1. The fraction of sp³-hybridized carbons (Fsp3) is 0.467. The Kier molecular flexibility index (Phi) is 3.60. The van der Waals surface area contributed by atoms with E-state index in [2.05, 4.69) is 4.90 Å². The molecule has 0 amide bonds. The van der Waals surface area contributed by atoms with Gasteiger partial charge in [0.1, 0.15) is 5.78 Å². The third-order valence-corrected chi connectivity index (χ3v) is 3.60. The molecule has 1 aliphatic heterocycles. The van der Waals surface area contributed by atoms with Crippen LogP contribution >= 0.6 is 0 Å². The van der Waals surface area contributed by atoms with Gasteiger partial charge in [0.2, 0.25) is 0 Å². The Morgan fingerprint density at radius 1 is 1.32 bits per heavy atom. The highest BCUT2D eigenvalue weighted by Gasteiger charge is 2.35. The minimum Gasteiger partial charge on any atom is -0.465 e. The molecule has 0 unspecified atom stereocenters. The first-order valence-electron chi connectivity index (χ1n) is 6.41. The van der Waals surface area contributed by atoms with Crippen molar-refractivity contribution in [3.05, 3.63) is 29.8 Å². The molecule has 1 fully saturated rings. The second-order valence-corrected chi connectivity index (χ2v) is 5.49. The summed E-state index contributed by atoms with van der Waals surface area (Å²) < 4.78 is 4.81. The highest BCUT2D eigenvalue weighted by atomic mass is 16.5. The van der Waals surface area contributed by atoms with E-state index in [1.54, 1.807) is 6.07 Å². The van der Waals surface area contributed by atoms with Crippen LogP contribution in [0.3, 0.4) is 0 Å². The van der Waals surface area contributed by atoms with Crippen LogP contribution in [-0.2, 0) is 9.53 Å². The largest absolute Gasteiger partial charge is 0.465 e. The predicted octanol–water partition coefficient (Wildman–Crippen LogP) is 2.28. The quantitative estimate of drug-likeness (QED) is 0.766. The zero-order chi connectivity index (χ0) is 14.0. The Hall–Kier alpha value is -1.84. The molecule has 4 heteroatoms. The molecular weight excluding hydrogens is 242 g/mol. The standard InChI is InChI=1S/C15H19NO3/c1-15(2)10-16(9-8-13(15)17)12-7-5-4-6-11(12)14(18)19-3/h4-7H,8-10H2,1-3H3. The minimum absolute atomic E-state index is 0.277. The molecule has 1 saturated heterocycles. The van der Waals surface area contributed by atoms with Gasteiger partial charge in [-0.25, -0.2) is 4.79 Å². The van der Waals surface area contributed by atoms with E-state index in [0.29, 0.717) is 25.1 Å². The van der Waals surface area contributed by atoms with Crippen molar-refractivity contribution in [2.24, 2.45) is 5.41 Å². The normalized spacial score (nSPS) is 18.3. The van der Waals surface area contributed by atoms with Gasteiger partial charge < -0.3 is 9.64 Å². The SMILES string of the molecule is COC(=O)c1ccccc1N1CCC(=O)C(C)(C)C1. The molecule has 102 valence electrons. The van der Waals surface area contributed by atoms with E-state index >= 15 is 0 Å². The lowest BCUT2D eigenvalue weighted by atomic mass is 9.82. The molecular formula is C15H19NO3. The summed E-state index contributed by atoms with van der Waals surface area (Å²) in [4.78, 5) is 25.7. The monoisotopic (exact) mass is 261 g/mol. The number of rotatable bonds is 2. The first-order chi connectivity index (χ1) is 8.95. The molecule has 0 spiro atoms. The van der Waals surface area contributed by atoms with E-state index in [0.717, 1.165) is 5.69 Å². The van der Waals surface area contributed by atoms with Gasteiger partial charge in [-0.15, -0.1) is 0 Å². The van der Waals surface area contributed by atoms with Gasteiger partial charge in [-0.1, -0.05) is 26.0 Å². The lowest BCUT2D eigenvalue weighted by Crippen LogP contribution is -2.46. The van der Waals surface area contributed by atoms with Gasteiger partial charge in [0, 0.05) is 24.9 Å². The van der Waals surface area contributed by atoms with Crippen LogP contribution in [-0.4, -0.2) is 32.0 Å². The minimum atomic E-state index is -0.374. The molecule has 2 rings (SSSR count). The zero-order valence-corrected chi connectivity index (χ0v) is 11.6. The van der Waals surface area contributed by atoms with Crippen LogP contribution in [0.2, 0.25) is 0 Å². The van der Waals surface area contributed by atoms with Gasteiger partial charge in [-0.2, -0.15) is 0 Å². The molecule has 19 heavy (non-hydrogen) atoms. The van der Waals surface area contributed by atoms with Crippen molar-refractivity contribution in [2.75, 3.05) is 25.1 Å². The number of anilines is 1. The molecule has 1 aromatic carbocycles.